The maximum atomic E-state index is 11.6. The summed E-state index contributed by atoms with van der Waals surface area (Å²) in [6.07, 6.45) is 21.9. The van der Waals surface area contributed by atoms with Crippen molar-refractivity contribution < 1.29 is 28.5 Å². The van der Waals surface area contributed by atoms with Crippen LogP contribution >= 0.6 is 11.8 Å². The third-order valence-corrected chi connectivity index (χ3v) is 13.4. The molecule has 0 aromatic carbocycles. The summed E-state index contributed by atoms with van der Waals surface area (Å²) in [7, 11) is 1.80. The number of unbranched alkanes of at least 4 members (excludes halogenated alkanes) is 2. The monoisotopic (exact) mass is 628 g/mol. The molecule has 3 fully saturated rings. The number of ether oxygens (including phenoxy) is 4. The van der Waals surface area contributed by atoms with Crippen LogP contribution in [-0.2, 0) is 28.5 Å². The van der Waals surface area contributed by atoms with Crippen LogP contribution in [0.15, 0.2) is 35.5 Å². The van der Waals surface area contributed by atoms with Gasteiger partial charge in [0.1, 0.15) is 24.3 Å². The van der Waals surface area contributed by atoms with E-state index in [-0.39, 0.29) is 24.0 Å². The summed E-state index contributed by atoms with van der Waals surface area (Å²) in [5, 5.41) is 0.488. The van der Waals surface area contributed by atoms with Crippen molar-refractivity contribution in [2.75, 3.05) is 20.3 Å². The van der Waals surface area contributed by atoms with Crippen molar-refractivity contribution in [1.82, 2.24) is 0 Å². The van der Waals surface area contributed by atoms with Gasteiger partial charge in [-0.15, -0.1) is 11.8 Å². The fourth-order valence-electron chi connectivity index (χ4n) is 9.88. The number of hydrogen-bond acceptors (Lipinski definition) is 7. The Morgan fingerprint density at radius 1 is 1.02 bits per heavy atom. The van der Waals surface area contributed by atoms with E-state index in [9.17, 15) is 9.59 Å². The number of thioether (sulfide) groups is 1. The molecular formula is C37H56O6S. The van der Waals surface area contributed by atoms with Crippen molar-refractivity contribution in [3.63, 3.8) is 0 Å². The zero-order valence-electron chi connectivity index (χ0n) is 28.0. The first-order valence-corrected chi connectivity index (χ1v) is 18.1. The van der Waals surface area contributed by atoms with Crippen molar-refractivity contribution in [2.24, 2.45) is 34.5 Å². The summed E-state index contributed by atoms with van der Waals surface area (Å²) in [6.45, 7) is 11.4. The van der Waals surface area contributed by atoms with Gasteiger partial charge < -0.3 is 18.9 Å². The summed E-state index contributed by atoms with van der Waals surface area (Å²) < 4.78 is 22.2. The second-order valence-electron chi connectivity index (χ2n) is 14.7. The minimum atomic E-state index is -0.538. The predicted molar refractivity (Wildman–Crippen MR) is 176 cm³/mol. The van der Waals surface area contributed by atoms with Gasteiger partial charge in [0.2, 0.25) is 0 Å². The Morgan fingerprint density at radius 2 is 1.84 bits per heavy atom. The Bertz CT molecular complexity index is 1130. The first kappa shape index (κ1) is 33.8. The quantitative estimate of drug-likeness (QED) is 0.130. The van der Waals surface area contributed by atoms with Gasteiger partial charge in [-0.05, 0) is 124 Å². The van der Waals surface area contributed by atoms with Gasteiger partial charge in [-0.1, -0.05) is 37.1 Å². The average molecular weight is 629 g/mol. The molecule has 0 aromatic rings. The smallest absolute Gasteiger partial charge is 0.303 e. The number of allylic oxidation sites excluding steroid dienone is 4. The highest BCUT2D eigenvalue weighted by Gasteiger charge is 2.58. The third-order valence-electron chi connectivity index (χ3n) is 12.1. The topological polar surface area (TPSA) is 71.1 Å². The van der Waals surface area contributed by atoms with E-state index in [1.165, 1.54) is 71.6 Å². The van der Waals surface area contributed by atoms with E-state index >= 15 is 0 Å². The molecule has 0 radical (unpaired) electrons. The molecule has 0 spiro atoms. The van der Waals surface area contributed by atoms with E-state index in [1.807, 2.05) is 23.9 Å². The molecule has 246 valence electrons. The van der Waals surface area contributed by atoms with Gasteiger partial charge in [0.25, 0.3) is 0 Å². The summed E-state index contributed by atoms with van der Waals surface area (Å²) in [6, 6.07) is 0. The van der Waals surface area contributed by atoms with Crippen molar-refractivity contribution in [3.8, 4) is 0 Å². The maximum Gasteiger partial charge on any atom is 0.303 e. The largest absolute Gasteiger partial charge is 0.463 e. The molecule has 0 N–H and O–H groups in total. The molecule has 5 aliphatic rings. The summed E-state index contributed by atoms with van der Waals surface area (Å²) in [4.78, 5) is 23.1. The number of rotatable bonds is 11. The summed E-state index contributed by atoms with van der Waals surface area (Å²) >= 11 is 1.87. The molecule has 0 amide bonds. The fourth-order valence-corrected chi connectivity index (χ4v) is 11.2. The Morgan fingerprint density at radius 3 is 2.59 bits per heavy atom. The van der Waals surface area contributed by atoms with Crippen LogP contribution in [0, 0.1) is 34.5 Å². The van der Waals surface area contributed by atoms with Gasteiger partial charge in [-0.2, -0.15) is 0 Å². The van der Waals surface area contributed by atoms with Crippen LogP contribution in [0.5, 0.6) is 0 Å². The lowest BCUT2D eigenvalue weighted by Crippen LogP contribution is -2.50. The lowest BCUT2D eigenvalue weighted by atomic mass is 9.47. The van der Waals surface area contributed by atoms with Gasteiger partial charge in [0.05, 0.1) is 0 Å². The second kappa shape index (κ2) is 14.5. The van der Waals surface area contributed by atoms with E-state index < -0.39 is 12.2 Å². The van der Waals surface area contributed by atoms with E-state index in [0.29, 0.717) is 16.1 Å². The second-order valence-corrected chi connectivity index (χ2v) is 16.1. The van der Waals surface area contributed by atoms with E-state index in [0.717, 1.165) is 43.1 Å². The van der Waals surface area contributed by atoms with Crippen LogP contribution in [0.4, 0.5) is 0 Å². The van der Waals surface area contributed by atoms with Gasteiger partial charge in [-0.25, -0.2) is 0 Å². The molecule has 0 bridgehead atoms. The molecule has 1 heterocycles. The normalized spacial score (nSPS) is 40.0. The van der Waals surface area contributed by atoms with Crippen molar-refractivity contribution in [3.05, 3.63) is 35.5 Å². The number of esters is 2. The predicted octanol–water partition coefficient (Wildman–Crippen LogP) is 8.21. The fraction of sp³-hybridized carbons (Fsp3) is 0.784. The molecule has 3 saturated carbocycles. The highest BCUT2D eigenvalue weighted by atomic mass is 32.2. The molecule has 1 unspecified atom stereocenters. The molecule has 0 saturated heterocycles. The van der Waals surface area contributed by atoms with E-state index in [1.54, 1.807) is 18.3 Å². The van der Waals surface area contributed by atoms with Crippen LogP contribution < -0.4 is 0 Å². The first-order valence-electron chi connectivity index (χ1n) is 17.2. The number of carbonyl (C=O) groups is 2. The van der Waals surface area contributed by atoms with Crippen LogP contribution in [0.1, 0.15) is 105 Å². The number of carbonyl (C=O) groups excluding carboxylic acids is 2. The summed E-state index contributed by atoms with van der Waals surface area (Å²) in [5.74, 6) is 2.47. The van der Waals surface area contributed by atoms with E-state index in [4.69, 9.17) is 18.9 Å². The zero-order chi connectivity index (χ0) is 31.5. The molecule has 44 heavy (non-hydrogen) atoms. The van der Waals surface area contributed by atoms with Gasteiger partial charge in [0.15, 0.2) is 0 Å². The average Bonchev–Trinajstić information content (AvgIpc) is 3.34. The number of methoxy groups -OCH3 is 1. The van der Waals surface area contributed by atoms with Crippen LogP contribution in [0.2, 0.25) is 0 Å². The van der Waals surface area contributed by atoms with Gasteiger partial charge >= 0.3 is 11.9 Å². The van der Waals surface area contributed by atoms with Gasteiger partial charge in [-0.3, -0.25) is 9.59 Å². The standard InChI is InChI=1S/C37H56O6S/c1-24(10-8-7-9-21-40-6)30-13-14-31-29-12-11-27-22-28(17-19-36(27,4)32(29)18-20-37(30,31)5)44-35-16-15-33(42-26(3)39)34(43-35)23-41-25(2)38/h10-11,15-16,28-35H,7-9,12-14,17-23H2,1-6H3/b24-10+/t28-,29-,30+,31-,32-,33-,34+,35?,36-,37+/m0/s1. The highest BCUT2D eigenvalue weighted by Crippen LogP contribution is 2.67. The van der Waals surface area contributed by atoms with Crippen LogP contribution in [0.3, 0.4) is 0 Å². The van der Waals surface area contributed by atoms with Crippen LogP contribution in [-0.4, -0.2) is 55.2 Å². The van der Waals surface area contributed by atoms with Crippen LogP contribution in [0.25, 0.3) is 0 Å². The van der Waals surface area contributed by atoms with Crippen molar-refractivity contribution in [1.29, 1.82) is 0 Å². The first-order chi connectivity index (χ1) is 21.0. The highest BCUT2D eigenvalue weighted by molar-refractivity contribution is 8.00. The molecule has 0 aromatic heterocycles. The maximum absolute atomic E-state index is 11.6. The minimum absolute atomic E-state index is 0.0796. The number of hydrogen-bond donors (Lipinski definition) is 0. The Kier molecular flexibility index (Phi) is 11.1. The Labute approximate surface area is 270 Å². The minimum Gasteiger partial charge on any atom is -0.463 e. The Hall–Kier alpha value is -1.57. The number of fused-ring (bicyclic) bond motifs is 5. The van der Waals surface area contributed by atoms with E-state index in [2.05, 4.69) is 32.9 Å². The lowest BCUT2D eigenvalue weighted by molar-refractivity contribution is -0.160. The molecule has 4 aliphatic carbocycles. The zero-order valence-corrected chi connectivity index (χ0v) is 28.8. The molecular weight excluding hydrogens is 572 g/mol. The lowest BCUT2D eigenvalue weighted by Gasteiger charge is -2.58. The summed E-state index contributed by atoms with van der Waals surface area (Å²) in [5.41, 5.74) is 3.94. The molecule has 7 heteroatoms. The molecule has 5 rings (SSSR count). The molecule has 1 aliphatic heterocycles. The van der Waals surface area contributed by atoms with Crippen molar-refractivity contribution >= 4 is 23.7 Å². The SMILES string of the molecule is COCCCC/C=C(\C)[C@H]1CC[C@H]2[C@@H]3CC=C4C[C@@H](SC5C=C[C@H](OC(C)=O)[C@@H](COC(C)=O)O5)CC[C@]4(C)[C@H]3CC[C@]12C. The molecule has 6 nitrogen and oxygen atoms in total. The molecule has 10 atom stereocenters. The van der Waals surface area contributed by atoms with Gasteiger partial charge in [0, 0.05) is 32.8 Å². The van der Waals surface area contributed by atoms with Crippen molar-refractivity contribution in [2.45, 2.75) is 128 Å². The Balaban J connectivity index is 1.21. The third kappa shape index (κ3) is 7.20.